The summed E-state index contributed by atoms with van der Waals surface area (Å²) in [6, 6.07) is 30.6. The van der Waals surface area contributed by atoms with E-state index in [0.717, 1.165) is 31.4 Å². The van der Waals surface area contributed by atoms with Gasteiger partial charge in [0.2, 0.25) is 0 Å². The fourth-order valence-electron chi connectivity index (χ4n) is 4.83. The van der Waals surface area contributed by atoms with Gasteiger partial charge in [-0.05, 0) is 49.2 Å². The Morgan fingerprint density at radius 2 is 1.31 bits per heavy atom. The van der Waals surface area contributed by atoms with Gasteiger partial charge in [-0.15, -0.1) is 0 Å². The molecule has 1 aliphatic heterocycles. The van der Waals surface area contributed by atoms with Gasteiger partial charge in [0.25, 0.3) is 0 Å². The minimum atomic E-state index is 0.318. The second kappa shape index (κ2) is 7.84. The van der Waals surface area contributed by atoms with Crippen molar-refractivity contribution in [3.05, 3.63) is 102 Å². The van der Waals surface area contributed by atoms with E-state index in [-0.39, 0.29) is 0 Å². The largest absolute Gasteiger partial charge is 0.331 e. The van der Waals surface area contributed by atoms with Crippen molar-refractivity contribution in [1.29, 1.82) is 0 Å². The number of likely N-dealkylation sites (tertiary alicyclic amines) is 1. The number of aryl methyl sites for hydroxylation is 1. The second-order valence-electron chi connectivity index (χ2n) is 8.05. The molecule has 0 bridgehead atoms. The highest BCUT2D eigenvalue weighted by Crippen LogP contribution is 2.35. The summed E-state index contributed by atoms with van der Waals surface area (Å²) in [5.74, 6) is 1.76. The van der Waals surface area contributed by atoms with Gasteiger partial charge in [-0.1, -0.05) is 72.8 Å². The van der Waals surface area contributed by atoms with Crippen LogP contribution < -0.4 is 0 Å². The van der Waals surface area contributed by atoms with Gasteiger partial charge in [0.15, 0.2) is 0 Å². The molecule has 0 saturated carbocycles. The molecule has 3 heteroatoms. The Morgan fingerprint density at radius 1 is 0.759 bits per heavy atom. The number of piperidine rings is 1. The molecule has 0 spiro atoms. The van der Waals surface area contributed by atoms with Crippen LogP contribution in [-0.4, -0.2) is 27.5 Å². The van der Waals surface area contributed by atoms with Crippen LogP contribution in [0.3, 0.4) is 0 Å². The molecular formula is C26H27N3. The minimum Gasteiger partial charge on any atom is -0.331 e. The van der Waals surface area contributed by atoms with Crippen LogP contribution in [0.5, 0.6) is 0 Å². The third-order valence-corrected chi connectivity index (χ3v) is 6.31. The summed E-state index contributed by atoms with van der Waals surface area (Å²) in [5.41, 5.74) is 5.09. The molecule has 0 amide bonds. The van der Waals surface area contributed by atoms with Crippen molar-refractivity contribution < 1.29 is 0 Å². The molecule has 0 atom stereocenters. The van der Waals surface area contributed by atoms with Crippen LogP contribution in [0.2, 0.25) is 0 Å². The highest BCUT2D eigenvalue weighted by molar-refractivity contribution is 5.75. The summed E-state index contributed by atoms with van der Waals surface area (Å²) >= 11 is 0. The molecule has 1 saturated heterocycles. The van der Waals surface area contributed by atoms with E-state index < -0.39 is 0 Å². The molecule has 2 heterocycles. The monoisotopic (exact) mass is 381 g/mol. The molecule has 0 N–H and O–H groups in total. The summed E-state index contributed by atoms with van der Waals surface area (Å²) in [6.07, 6.45) is 2.29. The molecule has 0 aliphatic carbocycles. The van der Waals surface area contributed by atoms with Gasteiger partial charge in [-0.2, -0.15) is 0 Å². The number of hydrogen-bond acceptors (Lipinski definition) is 2. The zero-order valence-electron chi connectivity index (χ0n) is 16.9. The highest BCUT2D eigenvalue weighted by Gasteiger charge is 2.29. The van der Waals surface area contributed by atoms with Gasteiger partial charge in [0, 0.05) is 13.0 Å². The molecule has 29 heavy (non-hydrogen) atoms. The summed E-state index contributed by atoms with van der Waals surface area (Å²) in [6.45, 7) is 2.17. The fraction of sp³-hybridized carbons (Fsp3) is 0.269. The molecule has 146 valence electrons. The van der Waals surface area contributed by atoms with Crippen molar-refractivity contribution in [3.63, 3.8) is 0 Å². The lowest BCUT2D eigenvalue weighted by Gasteiger charge is -2.38. The number of benzene rings is 3. The Balaban J connectivity index is 1.40. The molecule has 0 unspecified atom stereocenters. The smallest absolute Gasteiger partial charge is 0.112 e. The highest BCUT2D eigenvalue weighted by atomic mass is 15.2. The summed E-state index contributed by atoms with van der Waals surface area (Å²) in [5, 5.41) is 0. The zero-order valence-corrected chi connectivity index (χ0v) is 16.9. The Hall–Kier alpha value is -2.91. The van der Waals surface area contributed by atoms with E-state index in [1.165, 1.54) is 22.5 Å². The molecule has 5 rings (SSSR count). The van der Waals surface area contributed by atoms with Crippen molar-refractivity contribution in [1.82, 2.24) is 14.5 Å². The molecule has 1 aliphatic rings. The molecule has 3 aromatic carbocycles. The number of aromatic nitrogens is 2. The number of imidazole rings is 1. The number of nitrogens with zero attached hydrogens (tertiary/aromatic N) is 3. The standard InChI is InChI=1S/C26H27N3/c1-28-24-15-9-8-14-23(24)27-26(28)22-16-18-29(19-17-22)25(20-10-4-2-5-11-20)21-12-6-3-7-13-21/h2-15,22,25H,16-19H2,1H3. The lowest BCUT2D eigenvalue weighted by molar-refractivity contribution is 0.171. The number of fused-ring (bicyclic) bond motifs is 1. The van der Waals surface area contributed by atoms with Crippen molar-refractivity contribution in [2.75, 3.05) is 13.1 Å². The average Bonchev–Trinajstić information content (AvgIpc) is 3.13. The molecule has 1 fully saturated rings. The van der Waals surface area contributed by atoms with Gasteiger partial charge in [0.05, 0.1) is 17.1 Å². The first-order valence-electron chi connectivity index (χ1n) is 10.6. The van der Waals surface area contributed by atoms with Crippen LogP contribution in [-0.2, 0) is 7.05 Å². The molecule has 1 aromatic heterocycles. The Bertz CT molecular complexity index is 1040. The van der Waals surface area contributed by atoms with Crippen molar-refractivity contribution in [2.24, 2.45) is 7.05 Å². The normalized spacial score (nSPS) is 15.9. The van der Waals surface area contributed by atoms with E-state index in [9.17, 15) is 0 Å². The molecular weight excluding hydrogens is 354 g/mol. The first-order chi connectivity index (χ1) is 14.3. The zero-order chi connectivity index (χ0) is 19.6. The summed E-state index contributed by atoms with van der Waals surface area (Å²) < 4.78 is 2.29. The topological polar surface area (TPSA) is 21.1 Å². The lowest BCUT2D eigenvalue weighted by atomic mass is 9.91. The number of hydrogen-bond donors (Lipinski definition) is 0. The number of para-hydroxylation sites is 2. The van der Waals surface area contributed by atoms with E-state index >= 15 is 0 Å². The van der Waals surface area contributed by atoms with Gasteiger partial charge in [-0.3, -0.25) is 4.90 Å². The second-order valence-corrected chi connectivity index (χ2v) is 8.05. The van der Waals surface area contributed by atoms with Crippen LogP contribution in [0.15, 0.2) is 84.9 Å². The maximum atomic E-state index is 4.97. The van der Waals surface area contributed by atoms with E-state index in [2.05, 4.69) is 101 Å². The first kappa shape index (κ1) is 18.1. The van der Waals surface area contributed by atoms with Crippen molar-refractivity contribution in [2.45, 2.75) is 24.8 Å². The minimum absolute atomic E-state index is 0.318. The van der Waals surface area contributed by atoms with Gasteiger partial charge >= 0.3 is 0 Å². The molecule has 0 radical (unpaired) electrons. The SMILES string of the molecule is Cn1c(C2CCN(C(c3ccccc3)c3ccccc3)CC2)nc2ccccc21. The Kier molecular flexibility index (Phi) is 4.91. The van der Waals surface area contributed by atoms with Crippen molar-refractivity contribution in [3.8, 4) is 0 Å². The first-order valence-corrected chi connectivity index (χ1v) is 10.6. The Morgan fingerprint density at radius 3 is 1.90 bits per heavy atom. The van der Waals surface area contributed by atoms with E-state index in [0.29, 0.717) is 12.0 Å². The average molecular weight is 382 g/mol. The third-order valence-electron chi connectivity index (χ3n) is 6.31. The van der Waals surface area contributed by atoms with Crippen LogP contribution in [0.25, 0.3) is 11.0 Å². The summed E-state index contributed by atoms with van der Waals surface area (Å²) in [4.78, 5) is 7.61. The maximum absolute atomic E-state index is 4.97. The van der Waals surface area contributed by atoms with E-state index in [4.69, 9.17) is 4.98 Å². The van der Waals surface area contributed by atoms with Crippen LogP contribution in [0.4, 0.5) is 0 Å². The molecule has 4 aromatic rings. The van der Waals surface area contributed by atoms with Gasteiger partial charge < -0.3 is 4.57 Å². The quantitative estimate of drug-likeness (QED) is 0.463. The van der Waals surface area contributed by atoms with Crippen molar-refractivity contribution >= 4 is 11.0 Å². The Labute approximate surface area is 172 Å². The maximum Gasteiger partial charge on any atom is 0.112 e. The van der Waals surface area contributed by atoms with Gasteiger partial charge in [-0.25, -0.2) is 4.98 Å². The number of rotatable bonds is 4. The molecule has 3 nitrogen and oxygen atoms in total. The predicted octanol–water partition coefficient (Wildman–Crippen LogP) is 5.54. The van der Waals surface area contributed by atoms with E-state index in [1.807, 2.05) is 0 Å². The van der Waals surface area contributed by atoms with E-state index in [1.54, 1.807) is 0 Å². The fourth-order valence-corrected chi connectivity index (χ4v) is 4.83. The summed E-state index contributed by atoms with van der Waals surface area (Å²) in [7, 11) is 2.16. The third kappa shape index (κ3) is 3.47. The lowest BCUT2D eigenvalue weighted by Crippen LogP contribution is -2.37. The van der Waals surface area contributed by atoms with Crippen LogP contribution in [0, 0.1) is 0 Å². The predicted molar refractivity (Wildman–Crippen MR) is 119 cm³/mol. The van der Waals surface area contributed by atoms with Crippen LogP contribution in [0.1, 0.15) is 41.8 Å². The van der Waals surface area contributed by atoms with Crippen LogP contribution >= 0.6 is 0 Å². The van der Waals surface area contributed by atoms with Gasteiger partial charge in [0.1, 0.15) is 5.82 Å².